The summed E-state index contributed by atoms with van der Waals surface area (Å²) in [6.07, 6.45) is 2.62. The maximum Gasteiger partial charge on any atom is 0.123 e. The zero-order valence-corrected chi connectivity index (χ0v) is 9.98. The Morgan fingerprint density at radius 2 is 1.62 bits per heavy atom. The normalized spacial score (nSPS) is 21.7. The fraction of sp³-hybridized carbons (Fsp3) is 1.00. The average Bonchev–Trinajstić information content (AvgIpc) is 2.58. The van der Waals surface area contributed by atoms with E-state index in [0.29, 0.717) is 5.54 Å². The number of likely N-dealkylation sites (N-methyl/N-ethyl adjacent to an activating group) is 1. The Hall–Kier alpha value is -0.0800. The molecule has 0 atom stereocenters. The molecule has 0 bridgehead atoms. The van der Waals surface area contributed by atoms with Gasteiger partial charge in [0.1, 0.15) is 12.1 Å². The Morgan fingerprint density at radius 1 is 1.15 bits per heavy atom. The van der Waals surface area contributed by atoms with Crippen LogP contribution in [0, 0.1) is 0 Å². The van der Waals surface area contributed by atoms with Crippen LogP contribution < -0.4 is 0 Å². The monoisotopic (exact) mass is 186 g/mol. The highest BCUT2D eigenvalue weighted by molar-refractivity contribution is 4.96. The number of hydrogen-bond donors (Lipinski definition) is 0. The van der Waals surface area contributed by atoms with Crippen molar-refractivity contribution in [3.05, 3.63) is 0 Å². The number of hydrogen-bond acceptors (Lipinski definition) is 1. The highest BCUT2D eigenvalue weighted by Gasteiger charge is 2.55. The molecule has 13 heavy (non-hydrogen) atoms. The summed E-state index contributed by atoms with van der Waals surface area (Å²) in [5, 5.41) is 0. The van der Waals surface area contributed by atoms with Crippen molar-refractivity contribution in [2.45, 2.75) is 44.8 Å². The summed E-state index contributed by atoms with van der Waals surface area (Å²) in [5.74, 6) is 0. The predicted octanol–water partition coefficient (Wildman–Crippen LogP) is 2.04. The van der Waals surface area contributed by atoms with Crippen LogP contribution in [0.25, 0.3) is 0 Å². The third-order valence-corrected chi connectivity index (χ3v) is 3.02. The van der Waals surface area contributed by atoms with Gasteiger partial charge in [0, 0.05) is 12.8 Å². The van der Waals surface area contributed by atoms with Crippen molar-refractivity contribution >= 4 is 0 Å². The summed E-state index contributed by atoms with van der Waals surface area (Å²) >= 11 is 0. The highest BCUT2D eigenvalue weighted by atomic mass is 16.5. The molecule has 0 aromatic heterocycles. The Balaban J connectivity index is 2.46. The van der Waals surface area contributed by atoms with Crippen LogP contribution in [0.1, 0.15) is 33.6 Å². The molecular weight excluding hydrogens is 162 g/mol. The molecule has 0 aliphatic heterocycles. The predicted molar refractivity (Wildman–Crippen MR) is 55.7 cm³/mol. The lowest BCUT2D eigenvalue weighted by Gasteiger charge is -2.36. The lowest BCUT2D eigenvalue weighted by atomic mass is 10.1. The first kappa shape index (κ1) is 11.0. The summed E-state index contributed by atoms with van der Waals surface area (Å²) in [6, 6.07) is 0. The van der Waals surface area contributed by atoms with E-state index in [4.69, 9.17) is 4.74 Å². The molecule has 78 valence electrons. The smallest absolute Gasteiger partial charge is 0.123 e. The second-order valence-corrected chi connectivity index (χ2v) is 6.14. The van der Waals surface area contributed by atoms with Gasteiger partial charge in [0.05, 0.1) is 26.7 Å². The molecule has 0 spiro atoms. The van der Waals surface area contributed by atoms with Crippen molar-refractivity contribution in [2.24, 2.45) is 0 Å². The van der Waals surface area contributed by atoms with Crippen LogP contribution in [0.2, 0.25) is 0 Å². The zero-order chi connectivity index (χ0) is 10.3. The molecule has 0 unspecified atom stereocenters. The van der Waals surface area contributed by atoms with Gasteiger partial charge < -0.3 is 9.22 Å². The maximum atomic E-state index is 5.87. The quantitative estimate of drug-likeness (QED) is 0.613. The van der Waals surface area contributed by atoms with Gasteiger partial charge in [0.15, 0.2) is 0 Å². The summed E-state index contributed by atoms with van der Waals surface area (Å²) in [5.41, 5.74) is 0.415. The van der Waals surface area contributed by atoms with E-state index in [-0.39, 0.29) is 5.60 Å². The van der Waals surface area contributed by atoms with E-state index in [2.05, 4.69) is 41.9 Å². The molecule has 0 radical (unpaired) electrons. The SMILES string of the molecule is CC(C)(C)OCC1([N+](C)(C)C)CC1. The van der Waals surface area contributed by atoms with E-state index in [1.165, 1.54) is 12.8 Å². The van der Waals surface area contributed by atoms with Gasteiger partial charge in [-0.15, -0.1) is 0 Å². The van der Waals surface area contributed by atoms with Gasteiger partial charge in [0.25, 0.3) is 0 Å². The van der Waals surface area contributed by atoms with E-state index in [1.807, 2.05) is 0 Å². The van der Waals surface area contributed by atoms with Crippen molar-refractivity contribution in [1.82, 2.24) is 0 Å². The Kier molecular flexibility index (Phi) is 2.50. The highest BCUT2D eigenvalue weighted by Crippen LogP contribution is 2.44. The van der Waals surface area contributed by atoms with Crippen LogP contribution in [0.15, 0.2) is 0 Å². The number of ether oxygens (including phenoxy) is 1. The van der Waals surface area contributed by atoms with Crippen molar-refractivity contribution in [2.75, 3.05) is 27.7 Å². The van der Waals surface area contributed by atoms with Crippen LogP contribution >= 0.6 is 0 Å². The molecule has 0 aromatic rings. The molecule has 1 aliphatic carbocycles. The molecule has 0 N–H and O–H groups in total. The van der Waals surface area contributed by atoms with Gasteiger partial charge in [-0.3, -0.25) is 0 Å². The fourth-order valence-corrected chi connectivity index (χ4v) is 1.50. The molecule has 0 aromatic carbocycles. The van der Waals surface area contributed by atoms with Crippen LogP contribution in [-0.2, 0) is 4.74 Å². The first-order chi connectivity index (χ1) is 5.66. The van der Waals surface area contributed by atoms with E-state index >= 15 is 0 Å². The van der Waals surface area contributed by atoms with Crippen molar-refractivity contribution in [1.29, 1.82) is 0 Å². The molecule has 2 nitrogen and oxygen atoms in total. The van der Waals surface area contributed by atoms with Crippen LogP contribution in [0.4, 0.5) is 0 Å². The summed E-state index contributed by atoms with van der Waals surface area (Å²) < 4.78 is 6.90. The largest absolute Gasteiger partial charge is 0.369 e. The van der Waals surface area contributed by atoms with Gasteiger partial charge in [-0.25, -0.2) is 0 Å². The lowest BCUT2D eigenvalue weighted by molar-refractivity contribution is -0.908. The van der Waals surface area contributed by atoms with Crippen molar-refractivity contribution in [3.8, 4) is 0 Å². The van der Waals surface area contributed by atoms with Gasteiger partial charge in [-0.05, 0) is 20.8 Å². The molecule has 0 heterocycles. The number of quaternary nitrogens is 1. The Morgan fingerprint density at radius 3 is 1.85 bits per heavy atom. The Bertz CT molecular complexity index is 181. The van der Waals surface area contributed by atoms with Gasteiger partial charge in [-0.1, -0.05) is 0 Å². The van der Waals surface area contributed by atoms with Crippen molar-refractivity contribution < 1.29 is 9.22 Å². The van der Waals surface area contributed by atoms with E-state index in [0.717, 1.165) is 11.1 Å². The van der Waals surface area contributed by atoms with Crippen LogP contribution in [0.5, 0.6) is 0 Å². The lowest BCUT2D eigenvalue weighted by Crippen LogP contribution is -2.51. The summed E-state index contributed by atoms with van der Waals surface area (Å²) in [4.78, 5) is 0. The molecular formula is C11H24NO+. The van der Waals surface area contributed by atoms with Crippen LogP contribution in [-0.4, -0.2) is 43.4 Å². The Labute approximate surface area is 82.5 Å². The molecule has 1 rings (SSSR count). The van der Waals surface area contributed by atoms with Crippen molar-refractivity contribution in [3.63, 3.8) is 0 Å². The topological polar surface area (TPSA) is 9.23 Å². The first-order valence-electron chi connectivity index (χ1n) is 5.12. The van der Waals surface area contributed by atoms with Gasteiger partial charge >= 0.3 is 0 Å². The first-order valence-corrected chi connectivity index (χ1v) is 5.12. The molecule has 1 aliphatic rings. The molecule has 1 fully saturated rings. The third kappa shape index (κ3) is 2.68. The minimum atomic E-state index is 0.00472. The van der Waals surface area contributed by atoms with Crippen LogP contribution in [0.3, 0.4) is 0 Å². The van der Waals surface area contributed by atoms with E-state index in [1.54, 1.807) is 0 Å². The molecule has 0 amide bonds. The summed E-state index contributed by atoms with van der Waals surface area (Å²) in [7, 11) is 6.79. The second kappa shape index (κ2) is 2.96. The molecule has 2 heteroatoms. The number of rotatable bonds is 3. The zero-order valence-electron chi connectivity index (χ0n) is 9.98. The fourth-order valence-electron chi connectivity index (χ4n) is 1.50. The second-order valence-electron chi connectivity index (χ2n) is 6.14. The number of nitrogens with zero attached hydrogens (tertiary/aromatic N) is 1. The maximum absolute atomic E-state index is 5.87. The third-order valence-electron chi connectivity index (χ3n) is 3.02. The molecule has 0 saturated heterocycles. The molecule has 1 saturated carbocycles. The minimum Gasteiger partial charge on any atom is -0.369 e. The standard InChI is InChI=1S/C11H24NO/c1-10(2,3)13-9-11(7-8-11)12(4,5)6/h7-9H2,1-6H3/q+1. The minimum absolute atomic E-state index is 0.00472. The van der Waals surface area contributed by atoms with Gasteiger partial charge in [-0.2, -0.15) is 0 Å². The average molecular weight is 186 g/mol. The van der Waals surface area contributed by atoms with E-state index in [9.17, 15) is 0 Å². The van der Waals surface area contributed by atoms with E-state index < -0.39 is 0 Å². The summed E-state index contributed by atoms with van der Waals surface area (Å²) in [6.45, 7) is 7.27. The van der Waals surface area contributed by atoms with Gasteiger partial charge in [0.2, 0.25) is 0 Å².